The smallest absolute Gasteiger partial charge is 0.367 e. The fraction of sp³-hybridized carbons (Fsp3) is 0.360. The first-order chi connectivity index (χ1) is 18.1. The summed E-state index contributed by atoms with van der Waals surface area (Å²) < 4.78 is 56.1. The fourth-order valence-electron chi connectivity index (χ4n) is 4.27. The predicted octanol–water partition coefficient (Wildman–Crippen LogP) is 3.57. The van der Waals surface area contributed by atoms with Gasteiger partial charge in [0.25, 0.3) is 11.5 Å². The van der Waals surface area contributed by atoms with Crippen LogP contribution < -0.4 is 21.1 Å². The minimum atomic E-state index is -4.93. The van der Waals surface area contributed by atoms with Gasteiger partial charge in [-0.05, 0) is 38.1 Å². The number of nitrogens with zero attached hydrogens (tertiary/aromatic N) is 4. The Balaban J connectivity index is 1.54. The van der Waals surface area contributed by atoms with Crippen molar-refractivity contribution in [3.63, 3.8) is 0 Å². The number of hydrogen-bond acceptors (Lipinski definition) is 7. The van der Waals surface area contributed by atoms with Crippen molar-refractivity contribution >= 4 is 23.2 Å². The summed E-state index contributed by atoms with van der Waals surface area (Å²) in [6.45, 7) is 2.33. The van der Waals surface area contributed by atoms with Crippen molar-refractivity contribution in [2.75, 3.05) is 48.8 Å². The fourth-order valence-corrected chi connectivity index (χ4v) is 4.27. The first kappa shape index (κ1) is 25.6. The summed E-state index contributed by atoms with van der Waals surface area (Å²) in [5.74, 6) is -1.47. The van der Waals surface area contributed by atoms with Gasteiger partial charge in [-0.25, -0.2) is 14.4 Å². The molecule has 2 aliphatic rings. The quantitative estimate of drug-likeness (QED) is 0.418. The molecule has 1 saturated carbocycles. The molecule has 2 aromatic heterocycles. The first-order valence-corrected chi connectivity index (χ1v) is 12.1. The predicted molar refractivity (Wildman–Crippen MR) is 134 cm³/mol. The van der Waals surface area contributed by atoms with Crippen LogP contribution in [0.25, 0.3) is 11.1 Å². The van der Waals surface area contributed by atoms with Crippen molar-refractivity contribution in [2.45, 2.75) is 25.1 Å². The van der Waals surface area contributed by atoms with E-state index in [4.69, 9.17) is 0 Å². The molecule has 1 amide bonds. The second-order valence-electron chi connectivity index (χ2n) is 9.40. The number of hydrogen-bond donors (Lipinski definition) is 3. The van der Waals surface area contributed by atoms with Crippen LogP contribution in [0.4, 0.5) is 34.9 Å². The summed E-state index contributed by atoms with van der Waals surface area (Å²) in [5, 5.41) is 5.57. The van der Waals surface area contributed by atoms with Gasteiger partial charge < -0.3 is 25.4 Å². The number of alkyl halides is 3. The SMILES string of the molecule is CN1CCN(c2cc(F)c(-c3cnc(NC4CC4)nc3)cc2NC(=O)c2c(C(F)(F)F)cc[nH]c2=O)CC1. The lowest BCUT2D eigenvalue weighted by Gasteiger charge is -2.35. The minimum Gasteiger partial charge on any atom is -0.367 e. The molecule has 0 radical (unpaired) electrons. The number of nitrogens with one attached hydrogen (secondary N) is 3. The summed E-state index contributed by atoms with van der Waals surface area (Å²) in [6, 6.07) is 3.51. The number of halogens is 4. The van der Waals surface area contributed by atoms with E-state index in [1.54, 1.807) is 0 Å². The van der Waals surface area contributed by atoms with Crippen LogP contribution in [0.5, 0.6) is 0 Å². The third-order valence-electron chi connectivity index (χ3n) is 6.54. The highest BCUT2D eigenvalue weighted by molar-refractivity contribution is 6.07. The molecule has 1 aliphatic carbocycles. The molecule has 3 heterocycles. The van der Waals surface area contributed by atoms with Crippen molar-refractivity contribution in [1.29, 1.82) is 0 Å². The monoisotopic (exact) mass is 531 g/mol. The van der Waals surface area contributed by atoms with Gasteiger partial charge >= 0.3 is 6.18 Å². The molecular formula is C25H25F4N7O2. The molecule has 13 heteroatoms. The lowest BCUT2D eigenvalue weighted by Crippen LogP contribution is -2.44. The van der Waals surface area contributed by atoms with E-state index in [2.05, 4.69) is 30.5 Å². The highest BCUT2D eigenvalue weighted by Gasteiger charge is 2.37. The van der Waals surface area contributed by atoms with Gasteiger partial charge in [0, 0.05) is 61.9 Å². The van der Waals surface area contributed by atoms with Crippen LogP contribution in [0.3, 0.4) is 0 Å². The number of carbonyl (C=O) groups is 1. The molecule has 0 unspecified atom stereocenters. The van der Waals surface area contributed by atoms with Crippen molar-refractivity contribution < 1.29 is 22.4 Å². The maximum atomic E-state index is 15.4. The third-order valence-corrected chi connectivity index (χ3v) is 6.54. The number of piperazine rings is 1. The molecule has 2 fully saturated rings. The maximum absolute atomic E-state index is 15.4. The average molecular weight is 532 g/mol. The molecule has 1 aliphatic heterocycles. The lowest BCUT2D eigenvalue weighted by atomic mass is 10.0. The Labute approximate surface area is 214 Å². The summed E-state index contributed by atoms with van der Waals surface area (Å²) >= 11 is 0. The van der Waals surface area contributed by atoms with Gasteiger partial charge in [0.05, 0.1) is 16.9 Å². The van der Waals surface area contributed by atoms with Crippen molar-refractivity contribution in [2.24, 2.45) is 0 Å². The Bertz CT molecular complexity index is 1400. The molecule has 5 rings (SSSR count). The minimum absolute atomic E-state index is 0.0502. The van der Waals surface area contributed by atoms with Crippen LogP contribution in [0.15, 0.2) is 41.6 Å². The normalized spacial score (nSPS) is 16.4. The van der Waals surface area contributed by atoms with Crippen molar-refractivity contribution in [1.82, 2.24) is 19.9 Å². The van der Waals surface area contributed by atoms with E-state index in [1.807, 2.05) is 11.9 Å². The van der Waals surface area contributed by atoms with E-state index < -0.39 is 34.6 Å². The second kappa shape index (κ2) is 10.0. The lowest BCUT2D eigenvalue weighted by molar-refractivity contribution is -0.138. The topological polar surface area (TPSA) is 106 Å². The van der Waals surface area contributed by atoms with Crippen LogP contribution >= 0.6 is 0 Å². The molecule has 38 heavy (non-hydrogen) atoms. The number of likely N-dealkylation sites (N-methyl/N-ethyl adjacent to an activating group) is 1. The number of carbonyl (C=O) groups excluding carboxylic acids is 1. The third kappa shape index (κ3) is 5.47. The van der Waals surface area contributed by atoms with Crippen LogP contribution in [0.2, 0.25) is 0 Å². The summed E-state index contributed by atoms with van der Waals surface area (Å²) in [4.78, 5) is 39.8. The number of anilines is 3. The van der Waals surface area contributed by atoms with E-state index in [-0.39, 0.29) is 11.3 Å². The van der Waals surface area contributed by atoms with Gasteiger partial charge in [0.15, 0.2) is 0 Å². The maximum Gasteiger partial charge on any atom is 0.417 e. The van der Waals surface area contributed by atoms with Crippen molar-refractivity contribution in [3.05, 3.63) is 64.1 Å². The number of rotatable bonds is 6. The highest BCUT2D eigenvalue weighted by atomic mass is 19.4. The molecule has 3 aromatic rings. The van der Waals surface area contributed by atoms with Crippen LogP contribution in [0.1, 0.15) is 28.8 Å². The second-order valence-corrected chi connectivity index (χ2v) is 9.40. The molecule has 0 bridgehead atoms. The number of amides is 1. The van der Waals surface area contributed by atoms with Crippen LogP contribution in [0, 0.1) is 5.82 Å². The zero-order chi connectivity index (χ0) is 27.0. The summed E-state index contributed by atoms with van der Waals surface area (Å²) in [5.41, 5.74) is -2.91. The van der Waals surface area contributed by atoms with Crippen LogP contribution in [-0.4, -0.2) is 65.0 Å². The number of pyridine rings is 1. The Morgan fingerprint density at radius 3 is 2.42 bits per heavy atom. The van der Waals surface area contributed by atoms with Gasteiger partial charge in [-0.2, -0.15) is 13.2 Å². The van der Waals surface area contributed by atoms with Crippen LogP contribution in [-0.2, 0) is 6.18 Å². The number of benzene rings is 1. The largest absolute Gasteiger partial charge is 0.417 e. The van der Waals surface area contributed by atoms with Gasteiger partial charge in [0.2, 0.25) is 5.95 Å². The molecule has 9 nitrogen and oxygen atoms in total. The Morgan fingerprint density at radius 2 is 1.79 bits per heavy atom. The van der Waals surface area contributed by atoms with Gasteiger partial charge in [-0.1, -0.05) is 0 Å². The molecular weight excluding hydrogens is 506 g/mol. The van der Waals surface area contributed by atoms with E-state index >= 15 is 4.39 Å². The number of aromatic amines is 1. The molecule has 1 aromatic carbocycles. The average Bonchev–Trinajstić information content (AvgIpc) is 3.69. The Morgan fingerprint density at radius 1 is 1.11 bits per heavy atom. The van der Waals surface area contributed by atoms with E-state index in [0.29, 0.717) is 55.5 Å². The van der Waals surface area contributed by atoms with E-state index in [1.165, 1.54) is 24.5 Å². The van der Waals surface area contributed by atoms with Gasteiger partial charge in [0.1, 0.15) is 11.4 Å². The Kier molecular flexibility index (Phi) is 6.78. The van der Waals surface area contributed by atoms with Gasteiger partial charge in [-0.3, -0.25) is 9.59 Å². The summed E-state index contributed by atoms with van der Waals surface area (Å²) in [6.07, 6.45) is 0.813. The Hall–Kier alpha value is -4.00. The van der Waals surface area contributed by atoms with E-state index in [9.17, 15) is 22.8 Å². The van der Waals surface area contributed by atoms with Crippen molar-refractivity contribution in [3.8, 4) is 11.1 Å². The number of aromatic nitrogens is 3. The summed E-state index contributed by atoms with van der Waals surface area (Å²) in [7, 11) is 1.94. The molecule has 0 spiro atoms. The van der Waals surface area contributed by atoms with E-state index in [0.717, 1.165) is 19.0 Å². The molecule has 0 atom stereocenters. The number of H-pyrrole nitrogens is 1. The molecule has 200 valence electrons. The molecule has 1 saturated heterocycles. The first-order valence-electron chi connectivity index (χ1n) is 12.1. The zero-order valence-corrected chi connectivity index (χ0v) is 20.4. The standard InChI is InChI=1S/C25H25F4N7O2/c1-35-6-8-36(9-7-35)20-11-18(26)16(14-12-31-24(32-13-14)33-15-2-3-15)10-19(20)34-23(38)21-17(25(27,28)29)4-5-30-22(21)37/h4-5,10-13,15H,2-3,6-9H2,1H3,(H,30,37)(H,34,38)(H,31,32,33). The van der Waals surface area contributed by atoms with Gasteiger partial charge in [-0.15, -0.1) is 0 Å². The molecule has 3 N–H and O–H groups in total. The highest BCUT2D eigenvalue weighted by Crippen LogP contribution is 2.36. The zero-order valence-electron chi connectivity index (χ0n) is 20.4.